The molecule has 0 atom stereocenters. The third-order valence-corrected chi connectivity index (χ3v) is 3.76. The Hall–Kier alpha value is -3.40. The Morgan fingerprint density at radius 3 is 2.26 bits per heavy atom. The molecular weight excluding hydrogens is 341 g/mol. The molecule has 136 valence electrons. The van der Waals surface area contributed by atoms with Gasteiger partial charge >= 0.3 is 0 Å². The Morgan fingerprint density at radius 1 is 0.889 bits per heavy atom. The van der Waals surface area contributed by atoms with Crippen LogP contribution in [0.25, 0.3) is 0 Å². The molecule has 0 bridgehead atoms. The van der Waals surface area contributed by atoms with Gasteiger partial charge in [-0.15, -0.1) is 0 Å². The van der Waals surface area contributed by atoms with Crippen molar-refractivity contribution in [3.63, 3.8) is 0 Å². The Labute approximate surface area is 158 Å². The van der Waals surface area contributed by atoms with E-state index in [0.717, 1.165) is 5.56 Å². The van der Waals surface area contributed by atoms with Crippen molar-refractivity contribution in [2.75, 3.05) is 0 Å². The first-order valence-corrected chi connectivity index (χ1v) is 8.58. The second kappa shape index (κ2) is 8.81. The lowest BCUT2D eigenvalue weighted by molar-refractivity contribution is 0.467. The second-order valence-electron chi connectivity index (χ2n) is 6.02. The first kappa shape index (κ1) is 18.4. The average molecular weight is 361 g/mol. The van der Waals surface area contributed by atoms with Gasteiger partial charge in [0.05, 0.1) is 11.9 Å². The molecule has 3 rings (SSSR count). The predicted octanol–water partition coefficient (Wildman–Crippen LogP) is 6.23. The number of aryl methyl sites for hydroxylation is 1. The monoisotopic (exact) mass is 361 g/mol. The van der Waals surface area contributed by atoms with Crippen molar-refractivity contribution in [2.45, 2.75) is 13.8 Å². The van der Waals surface area contributed by atoms with Gasteiger partial charge in [0.2, 0.25) is 5.90 Å². The normalized spacial score (nSPS) is 12.0. The fourth-order valence-electron chi connectivity index (χ4n) is 2.27. The quantitative estimate of drug-likeness (QED) is 0.306. The van der Waals surface area contributed by atoms with Gasteiger partial charge in [0.1, 0.15) is 5.75 Å². The molecule has 0 unspecified atom stereocenters. The smallest absolute Gasteiger partial charge is 0.225 e. The summed E-state index contributed by atoms with van der Waals surface area (Å²) in [5.41, 5.74) is 2.48. The maximum atomic E-state index is 14.0. The third kappa shape index (κ3) is 5.28. The van der Waals surface area contributed by atoms with Crippen LogP contribution in [0, 0.1) is 12.7 Å². The first-order valence-electron chi connectivity index (χ1n) is 8.58. The summed E-state index contributed by atoms with van der Waals surface area (Å²) in [7, 11) is 0. The molecule has 0 spiro atoms. The average Bonchev–Trinajstić information content (AvgIpc) is 2.69. The fraction of sp³-hybridized carbons (Fsp3) is 0.0870. The van der Waals surface area contributed by atoms with Crippen LogP contribution in [0.1, 0.15) is 12.5 Å². The number of aliphatic imine (C=N–C) groups is 1. The Bertz CT molecular complexity index is 948. The van der Waals surface area contributed by atoms with Crippen LogP contribution in [-0.4, -0.2) is 5.90 Å². The highest BCUT2D eigenvalue weighted by Gasteiger charge is 2.10. The number of halogens is 1. The van der Waals surface area contributed by atoms with Crippen LogP contribution in [0.3, 0.4) is 0 Å². The Morgan fingerprint density at radius 2 is 1.56 bits per heavy atom. The molecule has 0 aromatic heterocycles. The van der Waals surface area contributed by atoms with Crippen molar-refractivity contribution in [3.05, 3.63) is 102 Å². The van der Waals surface area contributed by atoms with Crippen molar-refractivity contribution in [1.29, 1.82) is 0 Å². The molecule has 27 heavy (non-hydrogen) atoms. The van der Waals surface area contributed by atoms with E-state index in [0.29, 0.717) is 17.0 Å². The van der Waals surface area contributed by atoms with E-state index in [1.54, 1.807) is 31.4 Å². The number of benzene rings is 3. The highest BCUT2D eigenvalue weighted by molar-refractivity contribution is 5.96. The molecule has 0 saturated heterocycles. The van der Waals surface area contributed by atoms with E-state index in [1.165, 1.54) is 6.07 Å². The van der Waals surface area contributed by atoms with Gasteiger partial charge in [-0.1, -0.05) is 48.0 Å². The standard InChI is InChI=1S/C23H20FNO2/c1-17-12-14-20(15-13-17)26-16-18(2)23(25-19-8-4-3-5-9-19)27-22-11-7-6-10-21(22)24/h3-16H,1-2H3/b18-16+,25-23?. The molecule has 0 saturated carbocycles. The number of hydrogen-bond acceptors (Lipinski definition) is 3. The Balaban J connectivity index is 1.88. The van der Waals surface area contributed by atoms with Crippen molar-refractivity contribution < 1.29 is 13.9 Å². The lowest BCUT2D eigenvalue weighted by Gasteiger charge is -2.11. The number of hydrogen-bond donors (Lipinski definition) is 0. The van der Waals surface area contributed by atoms with E-state index in [1.807, 2.05) is 61.5 Å². The van der Waals surface area contributed by atoms with Gasteiger partial charge in [-0.3, -0.25) is 0 Å². The predicted molar refractivity (Wildman–Crippen MR) is 106 cm³/mol. The van der Waals surface area contributed by atoms with E-state index < -0.39 is 5.82 Å². The van der Waals surface area contributed by atoms with Crippen LogP contribution in [-0.2, 0) is 0 Å². The summed E-state index contributed by atoms with van der Waals surface area (Å²) in [6.45, 7) is 3.81. The molecule has 0 heterocycles. The van der Waals surface area contributed by atoms with Crippen LogP contribution < -0.4 is 9.47 Å². The molecule has 0 amide bonds. The van der Waals surface area contributed by atoms with Crippen molar-refractivity contribution in [3.8, 4) is 11.5 Å². The second-order valence-corrected chi connectivity index (χ2v) is 6.02. The van der Waals surface area contributed by atoms with Crippen LogP contribution in [0.4, 0.5) is 10.1 Å². The highest BCUT2D eigenvalue weighted by atomic mass is 19.1. The Kier molecular flexibility index (Phi) is 6.00. The van der Waals surface area contributed by atoms with Crippen molar-refractivity contribution in [2.24, 2.45) is 4.99 Å². The molecule has 0 radical (unpaired) electrons. The van der Waals surface area contributed by atoms with Gasteiger partial charge in [0.15, 0.2) is 11.6 Å². The summed E-state index contributed by atoms with van der Waals surface area (Å²) in [4.78, 5) is 4.50. The van der Waals surface area contributed by atoms with Gasteiger partial charge in [-0.05, 0) is 50.2 Å². The summed E-state index contributed by atoms with van der Waals surface area (Å²) in [6.07, 6.45) is 1.55. The SMILES string of the molecule is C/C(=C\Oc1ccc(C)cc1)C(=Nc1ccccc1)Oc1ccccc1F. The third-order valence-electron chi connectivity index (χ3n) is 3.76. The molecule has 0 aliphatic carbocycles. The summed E-state index contributed by atoms with van der Waals surface area (Å²) in [6, 6.07) is 23.3. The van der Waals surface area contributed by atoms with E-state index >= 15 is 0 Å². The van der Waals surface area contributed by atoms with E-state index in [4.69, 9.17) is 9.47 Å². The van der Waals surface area contributed by atoms with E-state index in [9.17, 15) is 4.39 Å². The lowest BCUT2D eigenvalue weighted by Crippen LogP contribution is -2.11. The zero-order valence-electron chi connectivity index (χ0n) is 15.2. The minimum atomic E-state index is -0.453. The van der Waals surface area contributed by atoms with Crippen LogP contribution >= 0.6 is 0 Å². The molecular formula is C23H20FNO2. The largest absolute Gasteiger partial charge is 0.465 e. The number of rotatable bonds is 5. The summed E-state index contributed by atoms with van der Waals surface area (Å²) in [5, 5.41) is 0. The molecule has 3 nitrogen and oxygen atoms in total. The zero-order chi connectivity index (χ0) is 19.1. The van der Waals surface area contributed by atoms with Gasteiger partial charge in [0.25, 0.3) is 0 Å². The van der Waals surface area contributed by atoms with Crippen LogP contribution in [0.5, 0.6) is 11.5 Å². The van der Waals surface area contributed by atoms with E-state index in [-0.39, 0.29) is 11.6 Å². The first-order chi connectivity index (χ1) is 13.1. The van der Waals surface area contributed by atoms with Crippen LogP contribution in [0.2, 0.25) is 0 Å². The van der Waals surface area contributed by atoms with Gasteiger partial charge < -0.3 is 9.47 Å². The maximum Gasteiger partial charge on any atom is 0.225 e. The fourth-order valence-corrected chi connectivity index (χ4v) is 2.27. The minimum Gasteiger partial charge on any atom is -0.465 e. The molecule has 3 aromatic carbocycles. The summed E-state index contributed by atoms with van der Waals surface area (Å²) >= 11 is 0. The van der Waals surface area contributed by atoms with E-state index in [2.05, 4.69) is 4.99 Å². The molecule has 0 aliphatic heterocycles. The molecule has 4 heteroatoms. The topological polar surface area (TPSA) is 30.8 Å². The minimum absolute atomic E-state index is 0.107. The number of para-hydroxylation sites is 2. The van der Waals surface area contributed by atoms with Gasteiger partial charge in [0, 0.05) is 5.57 Å². The van der Waals surface area contributed by atoms with Gasteiger partial charge in [-0.25, -0.2) is 9.38 Å². The summed E-state index contributed by atoms with van der Waals surface area (Å²) < 4.78 is 25.4. The van der Waals surface area contributed by atoms with Crippen molar-refractivity contribution >= 4 is 11.6 Å². The van der Waals surface area contributed by atoms with Crippen LogP contribution in [0.15, 0.2) is 95.7 Å². The molecule has 0 aliphatic rings. The van der Waals surface area contributed by atoms with Gasteiger partial charge in [-0.2, -0.15) is 0 Å². The molecule has 0 N–H and O–H groups in total. The summed E-state index contributed by atoms with van der Waals surface area (Å²) in [5.74, 6) is 0.615. The molecule has 0 fully saturated rings. The zero-order valence-corrected chi connectivity index (χ0v) is 15.2. The number of nitrogens with zero attached hydrogens (tertiary/aromatic N) is 1. The maximum absolute atomic E-state index is 14.0. The highest BCUT2D eigenvalue weighted by Crippen LogP contribution is 2.20. The number of ether oxygens (including phenoxy) is 2. The molecule has 3 aromatic rings. The van der Waals surface area contributed by atoms with Crippen molar-refractivity contribution in [1.82, 2.24) is 0 Å². The lowest BCUT2D eigenvalue weighted by atomic mass is 10.2.